The van der Waals surface area contributed by atoms with Crippen LogP contribution in [0.3, 0.4) is 0 Å². The van der Waals surface area contributed by atoms with Gasteiger partial charge < -0.3 is 5.73 Å². The lowest BCUT2D eigenvalue weighted by atomic mass is 10.0. The second-order valence-electron chi connectivity index (χ2n) is 3.56. The number of benzene rings is 1. The van der Waals surface area contributed by atoms with Crippen LogP contribution in [0.25, 0.3) is 0 Å². The lowest BCUT2D eigenvalue weighted by Gasteiger charge is -2.13. The predicted molar refractivity (Wildman–Crippen MR) is 79.1 cm³/mol. The zero-order chi connectivity index (χ0) is 11.5. The van der Waals surface area contributed by atoms with E-state index < -0.39 is 0 Å². The molecule has 0 fully saturated rings. The fourth-order valence-corrected chi connectivity index (χ4v) is 3.24. The summed E-state index contributed by atoms with van der Waals surface area (Å²) in [6.45, 7) is 0. The third-order valence-corrected chi connectivity index (χ3v) is 4.47. The normalized spacial score (nSPS) is 12.7. The van der Waals surface area contributed by atoms with Crippen molar-refractivity contribution in [2.75, 3.05) is 0 Å². The van der Waals surface area contributed by atoms with Gasteiger partial charge in [-0.15, -0.1) is 11.3 Å². The van der Waals surface area contributed by atoms with Crippen molar-refractivity contribution in [2.45, 2.75) is 12.5 Å². The van der Waals surface area contributed by atoms with Crippen molar-refractivity contribution < 1.29 is 0 Å². The third kappa shape index (κ3) is 2.97. The Morgan fingerprint density at radius 3 is 2.88 bits per heavy atom. The van der Waals surface area contributed by atoms with E-state index >= 15 is 0 Å². The molecule has 0 amide bonds. The van der Waals surface area contributed by atoms with Gasteiger partial charge in [0, 0.05) is 25.9 Å². The van der Waals surface area contributed by atoms with E-state index in [0.29, 0.717) is 0 Å². The molecule has 0 aliphatic heterocycles. The van der Waals surface area contributed by atoms with Crippen LogP contribution in [0, 0.1) is 3.57 Å². The van der Waals surface area contributed by atoms with Gasteiger partial charge >= 0.3 is 0 Å². The molecule has 0 saturated carbocycles. The Kier molecular flexibility index (Phi) is 4.24. The zero-order valence-corrected chi connectivity index (χ0v) is 12.2. The molecule has 0 saturated heterocycles. The molecule has 2 rings (SSSR count). The molecular weight excluding hydrogens is 353 g/mol. The molecule has 0 aliphatic carbocycles. The lowest BCUT2D eigenvalue weighted by Crippen LogP contribution is -2.14. The van der Waals surface area contributed by atoms with E-state index in [4.69, 9.17) is 17.3 Å². The Bertz CT molecular complexity index is 470. The zero-order valence-electron chi connectivity index (χ0n) is 8.49. The highest BCUT2D eigenvalue weighted by molar-refractivity contribution is 14.1. The van der Waals surface area contributed by atoms with Gasteiger partial charge in [0.05, 0.1) is 0 Å². The predicted octanol–water partition coefficient (Wildman–Crippen LogP) is 4.25. The molecule has 16 heavy (non-hydrogen) atoms. The summed E-state index contributed by atoms with van der Waals surface area (Å²) in [5, 5.41) is 2.82. The van der Waals surface area contributed by atoms with E-state index in [1.807, 2.05) is 18.2 Å². The van der Waals surface area contributed by atoms with E-state index in [1.165, 1.54) is 8.45 Å². The van der Waals surface area contributed by atoms with Gasteiger partial charge in [-0.3, -0.25) is 0 Å². The number of halogens is 2. The maximum atomic E-state index is 6.20. The molecule has 1 nitrogen and oxygen atoms in total. The summed E-state index contributed by atoms with van der Waals surface area (Å²) in [7, 11) is 0. The first kappa shape index (κ1) is 12.4. The van der Waals surface area contributed by atoms with Crippen LogP contribution in [0.1, 0.15) is 16.5 Å². The SMILES string of the molecule is NC(Cc1cccs1)c1cc(Cl)ccc1I. The highest BCUT2D eigenvalue weighted by Gasteiger charge is 2.11. The van der Waals surface area contributed by atoms with Crippen LogP contribution in [-0.2, 0) is 6.42 Å². The van der Waals surface area contributed by atoms with Crippen molar-refractivity contribution in [3.8, 4) is 0 Å². The highest BCUT2D eigenvalue weighted by Crippen LogP contribution is 2.26. The van der Waals surface area contributed by atoms with Crippen molar-refractivity contribution in [1.29, 1.82) is 0 Å². The van der Waals surface area contributed by atoms with Crippen LogP contribution in [0.15, 0.2) is 35.7 Å². The van der Waals surface area contributed by atoms with Gasteiger partial charge in [-0.25, -0.2) is 0 Å². The molecule has 0 bridgehead atoms. The van der Waals surface area contributed by atoms with Crippen LogP contribution >= 0.6 is 45.5 Å². The van der Waals surface area contributed by atoms with Crippen LogP contribution in [0.4, 0.5) is 0 Å². The Morgan fingerprint density at radius 1 is 1.38 bits per heavy atom. The minimum atomic E-state index is 0.0178. The minimum Gasteiger partial charge on any atom is -0.324 e. The largest absolute Gasteiger partial charge is 0.324 e. The lowest BCUT2D eigenvalue weighted by molar-refractivity contribution is 0.726. The molecule has 1 atom stereocenters. The molecule has 4 heteroatoms. The molecule has 1 aromatic carbocycles. The maximum Gasteiger partial charge on any atom is 0.0410 e. The first-order chi connectivity index (χ1) is 7.66. The average Bonchev–Trinajstić information content (AvgIpc) is 2.74. The van der Waals surface area contributed by atoms with Crippen molar-refractivity contribution >= 4 is 45.5 Å². The fraction of sp³-hybridized carbons (Fsp3) is 0.167. The van der Waals surface area contributed by atoms with Crippen molar-refractivity contribution in [1.82, 2.24) is 0 Å². The minimum absolute atomic E-state index is 0.0178. The standard InChI is InChI=1S/C12H11ClINS/c13-8-3-4-11(14)10(6-8)12(15)7-9-2-1-5-16-9/h1-6,12H,7,15H2. The number of rotatable bonds is 3. The Labute approximate surface area is 118 Å². The van der Waals surface area contributed by atoms with E-state index in [2.05, 4.69) is 40.1 Å². The van der Waals surface area contributed by atoms with Crippen LogP contribution in [0.5, 0.6) is 0 Å². The summed E-state index contributed by atoms with van der Waals surface area (Å²) < 4.78 is 1.17. The van der Waals surface area contributed by atoms with E-state index in [0.717, 1.165) is 17.0 Å². The Balaban J connectivity index is 2.20. The molecule has 2 N–H and O–H groups in total. The molecule has 1 unspecified atom stereocenters. The Morgan fingerprint density at radius 2 is 2.19 bits per heavy atom. The second-order valence-corrected chi connectivity index (χ2v) is 6.19. The average molecular weight is 364 g/mol. The maximum absolute atomic E-state index is 6.20. The van der Waals surface area contributed by atoms with Crippen LogP contribution in [0.2, 0.25) is 5.02 Å². The van der Waals surface area contributed by atoms with Gasteiger partial charge in [0.1, 0.15) is 0 Å². The molecule has 2 aromatic rings. The summed E-state index contributed by atoms with van der Waals surface area (Å²) >= 11 is 10.0. The van der Waals surface area contributed by atoms with Crippen molar-refractivity contribution in [2.24, 2.45) is 5.73 Å². The van der Waals surface area contributed by atoms with Gasteiger partial charge in [0.2, 0.25) is 0 Å². The molecule has 0 spiro atoms. The summed E-state index contributed by atoms with van der Waals surface area (Å²) in [5.41, 5.74) is 7.33. The topological polar surface area (TPSA) is 26.0 Å². The Hall–Kier alpha value is -0.100. The number of hydrogen-bond acceptors (Lipinski definition) is 2. The third-order valence-electron chi connectivity index (χ3n) is 2.36. The smallest absolute Gasteiger partial charge is 0.0410 e. The van der Waals surface area contributed by atoms with Crippen molar-refractivity contribution in [3.05, 3.63) is 54.7 Å². The van der Waals surface area contributed by atoms with Gasteiger partial charge in [0.25, 0.3) is 0 Å². The summed E-state index contributed by atoms with van der Waals surface area (Å²) in [6.07, 6.45) is 0.869. The van der Waals surface area contributed by atoms with Gasteiger partial charge in [-0.1, -0.05) is 17.7 Å². The van der Waals surface area contributed by atoms with Gasteiger partial charge in [0.15, 0.2) is 0 Å². The molecule has 0 aliphatic rings. The van der Waals surface area contributed by atoms with E-state index in [1.54, 1.807) is 11.3 Å². The van der Waals surface area contributed by atoms with E-state index in [-0.39, 0.29) is 6.04 Å². The highest BCUT2D eigenvalue weighted by atomic mass is 127. The quantitative estimate of drug-likeness (QED) is 0.811. The summed E-state index contributed by atoms with van der Waals surface area (Å²) in [6, 6.07) is 10.0. The second kappa shape index (κ2) is 5.49. The molecule has 1 aromatic heterocycles. The summed E-state index contributed by atoms with van der Waals surface area (Å²) in [4.78, 5) is 1.31. The van der Waals surface area contributed by atoms with E-state index in [9.17, 15) is 0 Å². The number of nitrogens with two attached hydrogens (primary N) is 1. The fourth-order valence-electron chi connectivity index (χ4n) is 1.55. The van der Waals surface area contributed by atoms with Crippen LogP contribution < -0.4 is 5.73 Å². The number of thiophene rings is 1. The monoisotopic (exact) mass is 363 g/mol. The van der Waals surface area contributed by atoms with Crippen molar-refractivity contribution in [3.63, 3.8) is 0 Å². The van der Waals surface area contributed by atoms with Crippen LogP contribution in [-0.4, -0.2) is 0 Å². The van der Waals surface area contributed by atoms with Gasteiger partial charge in [-0.2, -0.15) is 0 Å². The molecular formula is C12H11ClINS. The molecule has 84 valence electrons. The first-order valence-corrected chi connectivity index (χ1v) is 7.23. The first-order valence-electron chi connectivity index (χ1n) is 4.89. The molecule has 1 heterocycles. The van der Waals surface area contributed by atoms with Gasteiger partial charge in [-0.05, 0) is 57.8 Å². The summed E-state index contributed by atoms with van der Waals surface area (Å²) in [5.74, 6) is 0. The number of hydrogen-bond donors (Lipinski definition) is 1. The molecule has 0 radical (unpaired) electrons.